The molecule has 0 aliphatic carbocycles. The topological polar surface area (TPSA) is 111 Å². The number of rotatable bonds is 10. The first-order chi connectivity index (χ1) is 7.20. The summed E-state index contributed by atoms with van der Waals surface area (Å²) < 4.78 is 0. The molecule has 2 unspecified atom stereocenters. The van der Waals surface area contributed by atoms with Crippen LogP contribution in [0.3, 0.4) is 0 Å². The van der Waals surface area contributed by atoms with Gasteiger partial charge in [-0.3, -0.25) is 10.5 Å². The second-order valence-corrected chi connectivity index (χ2v) is 5.63. The van der Waals surface area contributed by atoms with Crippen molar-refractivity contribution in [1.29, 1.82) is 0 Å². The summed E-state index contributed by atoms with van der Waals surface area (Å²) >= 11 is 0. The Balaban J connectivity index is 3.17. The molecule has 6 nitrogen and oxygen atoms in total. The Labute approximate surface area is 96.9 Å². The lowest BCUT2D eigenvalue weighted by molar-refractivity contribution is -0.245. The van der Waals surface area contributed by atoms with Crippen LogP contribution in [0, 0.1) is 0 Å². The number of nitrogens with two attached hydrogens (primary N) is 2. The molecule has 15 heavy (non-hydrogen) atoms. The highest BCUT2D eigenvalue weighted by atomic mass is 33.1. The fourth-order valence-corrected chi connectivity index (χ4v) is 3.06. The molecular weight excluding hydrogens is 240 g/mol. The minimum absolute atomic E-state index is 0.141. The Hall–Kier alpha value is 0.460. The maximum atomic E-state index is 8.13. The average Bonchev–Trinajstić information content (AvgIpc) is 2.18. The molecule has 0 spiro atoms. The van der Waals surface area contributed by atoms with Gasteiger partial charge in [-0.15, -0.1) is 0 Å². The van der Waals surface area contributed by atoms with Gasteiger partial charge in [0.2, 0.25) is 0 Å². The minimum Gasteiger partial charge on any atom is -0.326 e. The van der Waals surface area contributed by atoms with Crippen molar-refractivity contribution < 1.29 is 20.3 Å². The summed E-state index contributed by atoms with van der Waals surface area (Å²) in [6.07, 6.45) is 0.768. The first-order valence-electron chi connectivity index (χ1n) is 4.49. The van der Waals surface area contributed by atoms with E-state index in [-0.39, 0.29) is 25.3 Å². The fourth-order valence-electron chi connectivity index (χ4n) is 0.717. The van der Waals surface area contributed by atoms with Crippen molar-refractivity contribution in [1.82, 2.24) is 0 Å². The van der Waals surface area contributed by atoms with Crippen LogP contribution in [0.2, 0.25) is 0 Å². The zero-order chi connectivity index (χ0) is 11.5. The van der Waals surface area contributed by atoms with Gasteiger partial charge in [-0.05, 0) is 6.42 Å². The largest absolute Gasteiger partial charge is 0.326 e. The van der Waals surface area contributed by atoms with Gasteiger partial charge in [0.05, 0.1) is 13.2 Å². The highest BCUT2D eigenvalue weighted by Crippen LogP contribution is 2.22. The van der Waals surface area contributed by atoms with E-state index in [1.165, 1.54) is 0 Å². The smallest absolute Gasteiger partial charge is 0.0979 e. The van der Waals surface area contributed by atoms with Crippen LogP contribution in [0.4, 0.5) is 0 Å². The molecule has 0 rings (SSSR count). The van der Waals surface area contributed by atoms with Crippen LogP contribution in [-0.2, 0) is 9.78 Å². The molecule has 0 amide bonds. The van der Waals surface area contributed by atoms with Crippen LogP contribution >= 0.6 is 21.6 Å². The third-order valence-corrected chi connectivity index (χ3v) is 4.06. The van der Waals surface area contributed by atoms with Crippen molar-refractivity contribution in [2.24, 2.45) is 11.5 Å². The molecule has 0 fully saturated rings. The van der Waals surface area contributed by atoms with E-state index in [9.17, 15) is 0 Å². The first kappa shape index (κ1) is 15.5. The molecule has 2 atom stereocenters. The van der Waals surface area contributed by atoms with Gasteiger partial charge in [-0.2, -0.15) is 0 Å². The number of hydrogen-bond donors (Lipinski definition) is 4. The molecule has 0 aliphatic rings. The van der Waals surface area contributed by atoms with Gasteiger partial charge in [-0.25, -0.2) is 9.78 Å². The summed E-state index contributed by atoms with van der Waals surface area (Å²) in [5.41, 5.74) is 11.2. The van der Waals surface area contributed by atoms with E-state index in [2.05, 4.69) is 9.78 Å². The molecule has 92 valence electrons. The maximum absolute atomic E-state index is 8.13. The molecular formula is C7H18N2O4S2. The Morgan fingerprint density at radius 3 is 2.20 bits per heavy atom. The second-order valence-electron chi connectivity index (χ2n) is 3.01. The van der Waals surface area contributed by atoms with E-state index in [1.54, 1.807) is 21.6 Å². The van der Waals surface area contributed by atoms with Crippen molar-refractivity contribution in [2.75, 3.05) is 24.7 Å². The van der Waals surface area contributed by atoms with E-state index < -0.39 is 0 Å². The Morgan fingerprint density at radius 2 is 1.60 bits per heavy atom. The van der Waals surface area contributed by atoms with Crippen LogP contribution in [-0.4, -0.2) is 47.3 Å². The maximum Gasteiger partial charge on any atom is 0.0979 e. The Morgan fingerprint density at radius 1 is 1.00 bits per heavy atom. The minimum atomic E-state index is -0.165. The van der Waals surface area contributed by atoms with E-state index in [1.807, 2.05) is 0 Å². The molecule has 0 saturated carbocycles. The molecule has 0 aromatic rings. The van der Waals surface area contributed by atoms with Gasteiger partial charge >= 0.3 is 0 Å². The van der Waals surface area contributed by atoms with E-state index in [0.29, 0.717) is 5.75 Å². The third kappa shape index (κ3) is 10.7. The van der Waals surface area contributed by atoms with Gasteiger partial charge in [0.15, 0.2) is 0 Å². The molecule has 0 aromatic heterocycles. The van der Waals surface area contributed by atoms with Crippen LogP contribution in [0.15, 0.2) is 0 Å². The number of hydrogen-bond acceptors (Lipinski definition) is 8. The molecule has 0 heterocycles. The van der Waals surface area contributed by atoms with Crippen molar-refractivity contribution in [3.63, 3.8) is 0 Å². The SMILES string of the molecule is NC(CCSSCC(N)COO)COO. The lowest BCUT2D eigenvalue weighted by Gasteiger charge is -2.10. The predicted molar refractivity (Wildman–Crippen MR) is 62.6 cm³/mol. The fraction of sp³-hybridized carbons (Fsp3) is 1.00. The van der Waals surface area contributed by atoms with Crippen molar-refractivity contribution in [3.05, 3.63) is 0 Å². The lowest BCUT2D eigenvalue weighted by Crippen LogP contribution is -2.28. The lowest BCUT2D eigenvalue weighted by atomic mass is 10.3. The van der Waals surface area contributed by atoms with Gasteiger partial charge in [0, 0.05) is 23.6 Å². The van der Waals surface area contributed by atoms with Gasteiger partial charge < -0.3 is 11.5 Å². The summed E-state index contributed by atoms with van der Waals surface area (Å²) in [6.45, 7) is 0.300. The van der Waals surface area contributed by atoms with Gasteiger partial charge in [-0.1, -0.05) is 21.6 Å². The first-order valence-corrected chi connectivity index (χ1v) is 6.97. The van der Waals surface area contributed by atoms with Crippen LogP contribution < -0.4 is 11.5 Å². The standard InChI is InChI=1S/C7H18N2O4S2/c8-6(3-12-10)1-2-14-15-5-7(9)4-13-11/h6-7,10-11H,1-5,8-9H2. The van der Waals surface area contributed by atoms with E-state index in [0.717, 1.165) is 12.2 Å². The molecule has 6 N–H and O–H groups in total. The molecule has 0 bridgehead atoms. The summed E-state index contributed by atoms with van der Waals surface area (Å²) in [5.74, 6) is 1.57. The molecule has 0 saturated heterocycles. The van der Waals surface area contributed by atoms with Crippen molar-refractivity contribution in [3.8, 4) is 0 Å². The van der Waals surface area contributed by atoms with Crippen LogP contribution in [0.1, 0.15) is 6.42 Å². The molecule has 0 aliphatic heterocycles. The zero-order valence-corrected chi connectivity index (χ0v) is 10.0. The normalized spacial score (nSPS) is 15.2. The van der Waals surface area contributed by atoms with Gasteiger partial charge in [0.1, 0.15) is 0 Å². The summed E-state index contributed by atoms with van der Waals surface area (Å²) in [5, 5.41) is 16.2. The molecule has 0 aromatic carbocycles. The average molecular weight is 258 g/mol. The molecule has 0 radical (unpaired) electrons. The quantitative estimate of drug-likeness (QED) is 0.193. The second kappa shape index (κ2) is 11.0. The van der Waals surface area contributed by atoms with Crippen LogP contribution in [0.5, 0.6) is 0 Å². The Kier molecular flexibility index (Phi) is 11.3. The van der Waals surface area contributed by atoms with Crippen molar-refractivity contribution in [2.45, 2.75) is 18.5 Å². The van der Waals surface area contributed by atoms with E-state index >= 15 is 0 Å². The van der Waals surface area contributed by atoms with Crippen LogP contribution in [0.25, 0.3) is 0 Å². The van der Waals surface area contributed by atoms with E-state index in [4.69, 9.17) is 22.0 Å². The van der Waals surface area contributed by atoms with Gasteiger partial charge in [0.25, 0.3) is 0 Å². The summed E-state index contributed by atoms with van der Waals surface area (Å²) in [6, 6.07) is -0.306. The predicted octanol–water partition coefficient (Wildman–Crippen LogP) is 0.392. The summed E-state index contributed by atoms with van der Waals surface area (Å²) in [7, 11) is 3.25. The highest BCUT2D eigenvalue weighted by Gasteiger charge is 2.05. The Bertz CT molecular complexity index is 130. The monoisotopic (exact) mass is 258 g/mol. The third-order valence-electron chi connectivity index (χ3n) is 1.51. The molecule has 8 heteroatoms. The zero-order valence-electron chi connectivity index (χ0n) is 8.37. The summed E-state index contributed by atoms with van der Waals surface area (Å²) in [4.78, 5) is 7.84. The highest BCUT2D eigenvalue weighted by molar-refractivity contribution is 8.76. The van der Waals surface area contributed by atoms with Crippen molar-refractivity contribution >= 4 is 21.6 Å².